The van der Waals surface area contributed by atoms with Crippen molar-refractivity contribution in [2.24, 2.45) is 0 Å². The first-order valence-corrected chi connectivity index (χ1v) is 8.31. The number of rotatable bonds is 1. The largest absolute Gasteiger partial charge is 0.494 e. The SMILES string of the molecule is Cc1ccc(C#Cc2ccc(B3OC(C)(C)C(C)(C)O3)cc2)cc1. The highest BCUT2D eigenvalue weighted by Gasteiger charge is 2.51. The van der Waals surface area contributed by atoms with Gasteiger partial charge in [-0.15, -0.1) is 0 Å². The molecule has 2 aromatic carbocycles. The summed E-state index contributed by atoms with van der Waals surface area (Å²) in [5.74, 6) is 6.39. The second kappa shape index (κ2) is 6.13. The first-order valence-electron chi connectivity index (χ1n) is 8.31. The van der Waals surface area contributed by atoms with Crippen LogP contribution in [0.5, 0.6) is 0 Å². The Bertz CT molecular complexity index is 761. The minimum atomic E-state index is -0.325. The lowest BCUT2D eigenvalue weighted by Gasteiger charge is -2.32. The van der Waals surface area contributed by atoms with E-state index in [9.17, 15) is 0 Å². The molecule has 1 heterocycles. The fourth-order valence-electron chi connectivity index (χ4n) is 2.48. The predicted molar refractivity (Wildman–Crippen MR) is 99.3 cm³/mol. The Balaban J connectivity index is 1.74. The summed E-state index contributed by atoms with van der Waals surface area (Å²) >= 11 is 0. The topological polar surface area (TPSA) is 18.5 Å². The van der Waals surface area contributed by atoms with Gasteiger partial charge in [0, 0.05) is 11.1 Å². The summed E-state index contributed by atoms with van der Waals surface area (Å²) in [5, 5.41) is 0. The molecule has 0 aromatic heterocycles. The average molecular weight is 318 g/mol. The van der Waals surface area contributed by atoms with Gasteiger partial charge in [0.05, 0.1) is 11.2 Å². The quantitative estimate of drug-likeness (QED) is 0.590. The lowest BCUT2D eigenvalue weighted by Crippen LogP contribution is -2.41. The highest BCUT2D eigenvalue weighted by molar-refractivity contribution is 6.62. The molecule has 24 heavy (non-hydrogen) atoms. The van der Waals surface area contributed by atoms with Gasteiger partial charge in [0.1, 0.15) is 0 Å². The molecule has 0 bridgehead atoms. The molecule has 0 N–H and O–H groups in total. The van der Waals surface area contributed by atoms with E-state index in [4.69, 9.17) is 9.31 Å². The number of benzene rings is 2. The Morgan fingerprint density at radius 3 is 1.58 bits per heavy atom. The Hall–Kier alpha value is -2.02. The van der Waals surface area contributed by atoms with Crippen LogP contribution in [0.3, 0.4) is 0 Å². The van der Waals surface area contributed by atoms with Gasteiger partial charge in [0.2, 0.25) is 0 Å². The molecule has 0 spiro atoms. The van der Waals surface area contributed by atoms with Crippen LogP contribution in [0.2, 0.25) is 0 Å². The molecule has 0 amide bonds. The zero-order chi connectivity index (χ0) is 17.4. The van der Waals surface area contributed by atoms with E-state index in [-0.39, 0.29) is 18.3 Å². The van der Waals surface area contributed by atoms with Gasteiger partial charge in [-0.2, -0.15) is 0 Å². The molecule has 0 unspecified atom stereocenters. The van der Waals surface area contributed by atoms with Gasteiger partial charge in [-0.25, -0.2) is 0 Å². The molecule has 3 heteroatoms. The van der Waals surface area contributed by atoms with Gasteiger partial charge in [-0.3, -0.25) is 0 Å². The van der Waals surface area contributed by atoms with Crippen molar-refractivity contribution in [1.29, 1.82) is 0 Å². The lowest BCUT2D eigenvalue weighted by molar-refractivity contribution is 0.00578. The van der Waals surface area contributed by atoms with Crippen molar-refractivity contribution in [3.63, 3.8) is 0 Å². The third kappa shape index (κ3) is 3.41. The number of hydrogen-bond acceptors (Lipinski definition) is 2. The molecule has 0 aliphatic carbocycles. The van der Waals surface area contributed by atoms with Crippen LogP contribution in [0.15, 0.2) is 48.5 Å². The Morgan fingerprint density at radius 1 is 0.708 bits per heavy atom. The molecule has 122 valence electrons. The summed E-state index contributed by atoms with van der Waals surface area (Å²) < 4.78 is 12.1. The van der Waals surface area contributed by atoms with Gasteiger partial charge in [0.25, 0.3) is 0 Å². The second-order valence-electron chi connectivity index (χ2n) is 7.33. The second-order valence-corrected chi connectivity index (χ2v) is 7.33. The minimum Gasteiger partial charge on any atom is -0.399 e. The van der Waals surface area contributed by atoms with Crippen molar-refractivity contribution < 1.29 is 9.31 Å². The fourth-order valence-corrected chi connectivity index (χ4v) is 2.48. The standard InChI is InChI=1S/C21H23BO2/c1-16-6-8-17(9-7-16)10-11-18-12-14-19(15-13-18)22-23-20(2,3)21(4,5)24-22/h6-9,12-15H,1-5H3. The molecular formula is C21H23BO2. The number of aryl methyl sites for hydroxylation is 1. The molecule has 2 aromatic rings. The van der Waals surface area contributed by atoms with Gasteiger partial charge >= 0.3 is 7.12 Å². The number of hydrogen-bond donors (Lipinski definition) is 0. The van der Waals surface area contributed by atoms with E-state index in [1.54, 1.807) is 0 Å². The van der Waals surface area contributed by atoms with Crippen molar-refractivity contribution in [3.05, 3.63) is 65.2 Å². The van der Waals surface area contributed by atoms with E-state index in [1.807, 2.05) is 36.4 Å². The van der Waals surface area contributed by atoms with Crippen LogP contribution < -0.4 is 5.46 Å². The monoisotopic (exact) mass is 318 g/mol. The molecule has 1 aliphatic rings. The van der Waals surface area contributed by atoms with E-state index in [2.05, 4.69) is 58.6 Å². The summed E-state index contributed by atoms with van der Waals surface area (Å²) in [7, 11) is -0.325. The summed E-state index contributed by atoms with van der Waals surface area (Å²) in [5.41, 5.74) is 3.64. The summed E-state index contributed by atoms with van der Waals surface area (Å²) in [6.45, 7) is 10.3. The van der Waals surface area contributed by atoms with Gasteiger partial charge in [0.15, 0.2) is 0 Å². The highest BCUT2D eigenvalue weighted by atomic mass is 16.7. The van der Waals surface area contributed by atoms with Gasteiger partial charge in [-0.05, 0) is 64.3 Å². The summed E-state index contributed by atoms with van der Waals surface area (Å²) in [6, 6.07) is 16.3. The van der Waals surface area contributed by atoms with Crippen molar-refractivity contribution in [1.82, 2.24) is 0 Å². The average Bonchev–Trinajstić information content (AvgIpc) is 2.75. The summed E-state index contributed by atoms with van der Waals surface area (Å²) in [6.07, 6.45) is 0. The van der Waals surface area contributed by atoms with E-state index in [1.165, 1.54) is 5.56 Å². The Labute approximate surface area is 145 Å². The molecule has 0 atom stereocenters. The van der Waals surface area contributed by atoms with E-state index in [0.29, 0.717) is 0 Å². The first kappa shape index (κ1) is 16.8. The summed E-state index contributed by atoms with van der Waals surface area (Å²) in [4.78, 5) is 0. The van der Waals surface area contributed by atoms with Crippen LogP contribution >= 0.6 is 0 Å². The van der Waals surface area contributed by atoms with Crippen molar-refractivity contribution in [2.45, 2.75) is 45.8 Å². The normalized spacial score (nSPS) is 18.1. The molecule has 3 rings (SSSR count). The van der Waals surface area contributed by atoms with Crippen LogP contribution in [-0.4, -0.2) is 18.3 Å². The van der Waals surface area contributed by atoms with Gasteiger partial charge in [-0.1, -0.05) is 41.7 Å². The van der Waals surface area contributed by atoms with Crippen molar-refractivity contribution in [3.8, 4) is 11.8 Å². The van der Waals surface area contributed by atoms with Crippen LogP contribution in [0.25, 0.3) is 0 Å². The third-order valence-corrected chi connectivity index (χ3v) is 4.84. The first-order chi connectivity index (χ1) is 11.3. The highest BCUT2D eigenvalue weighted by Crippen LogP contribution is 2.36. The van der Waals surface area contributed by atoms with E-state index >= 15 is 0 Å². The molecular weight excluding hydrogens is 295 g/mol. The van der Waals surface area contributed by atoms with Crippen LogP contribution in [0.1, 0.15) is 44.4 Å². The molecule has 1 fully saturated rings. The lowest BCUT2D eigenvalue weighted by atomic mass is 9.79. The molecule has 0 saturated carbocycles. The van der Waals surface area contributed by atoms with Crippen molar-refractivity contribution >= 4 is 12.6 Å². The predicted octanol–water partition coefficient (Wildman–Crippen LogP) is 3.69. The van der Waals surface area contributed by atoms with Crippen molar-refractivity contribution in [2.75, 3.05) is 0 Å². The molecule has 2 nitrogen and oxygen atoms in total. The van der Waals surface area contributed by atoms with Crippen LogP contribution in [0.4, 0.5) is 0 Å². The zero-order valence-corrected chi connectivity index (χ0v) is 15.0. The molecule has 1 saturated heterocycles. The van der Waals surface area contributed by atoms with E-state index in [0.717, 1.165) is 16.6 Å². The van der Waals surface area contributed by atoms with Crippen LogP contribution in [0, 0.1) is 18.8 Å². The maximum atomic E-state index is 6.07. The molecule has 0 radical (unpaired) electrons. The maximum Gasteiger partial charge on any atom is 0.494 e. The maximum absolute atomic E-state index is 6.07. The Kier molecular flexibility index (Phi) is 4.30. The smallest absolute Gasteiger partial charge is 0.399 e. The Morgan fingerprint density at radius 2 is 1.12 bits per heavy atom. The molecule has 1 aliphatic heterocycles. The zero-order valence-electron chi connectivity index (χ0n) is 15.0. The third-order valence-electron chi connectivity index (χ3n) is 4.84. The fraction of sp³-hybridized carbons (Fsp3) is 0.333. The van der Waals surface area contributed by atoms with Gasteiger partial charge < -0.3 is 9.31 Å². The van der Waals surface area contributed by atoms with E-state index < -0.39 is 0 Å². The van der Waals surface area contributed by atoms with Crippen LogP contribution in [-0.2, 0) is 9.31 Å². The minimum absolute atomic E-state index is 0.318.